The Labute approximate surface area is 104 Å². The van der Waals surface area contributed by atoms with Gasteiger partial charge in [0.2, 0.25) is 0 Å². The lowest BCUT2D eigenvalue weighted by molar-refractivity contribution is 0.364. The third kappa shape index (κ3) is 2.54. The van der Waals surface area contributed by atoms with Crippen molar-refractivity contribution >= 4 is 0 Å². The second-order valence-corrected chi connectivity index (χ2v) is 5.47. The van der Waals surface area contributed by atoms with Gasteiger partial charge in [-0.15, -0.1) is 0 Å². The number of fused-ring (bicyclic) bond motifs is 1. The fourth-order valence-corrected chi connectivity index (χ4v) is 3.19. The van der Waals surface area contributed by atoms with Crippen LogP contribution >= 0.6 is 0 Å². The van der Waals surface area contributed by atoms with Crippen molar-refractivity contribution in [2.24, 2.45) is 0 Å². The van der Waals surface area contributed by atoms with Crippen molar-refractivity contribution in [3.05, 3.63) is 17.7 Å². The lowest BCUT2D eigenvalue weighted by Crippen LogP contribution is -2.34. The van der Waals surface area contributed by atoms with Crippen LogP contribution in [0.25, 0.3) is 0 Å². The van der Waals surface area contributed by atoms with E-state index in [0.29, 0.717) is 0 Å². The van der Waals surface area contributed by atoms with E-state index < -0.39 is 0 Å². The van der Waals surface area contributed by atoms with Gasteiger partial charge in [0.15, 0.2) is 0 Å². The van der Waals surface area contributed by atoms with Gasteiger partial charge in [0.25, 0.3) is 0 Å². The largest absolute Gasteiger partial charge is 0.334 e. The first-order chi connectivity index (χ1) is 8.43. The number of hydrogen-bond acceptors (Lipinski definition) is 2. The van der Waals surface area contributed by atoms with Crippen LogP contribution in [0.3, 0.4) is 0 Å². The van der Waals surface area contributed by atoms with E-state index >= 15 is 0 Å². The Morgan fingerprint density at radius 3 is 3.06 bits per heavy atom. The van der Waals surface area contributed by atoms with Crippen LogP contribution in [0.1, 0.15) is 49.9 Å². The van der Waals surface area contributed by atoms with Gasteiger partial charge in [-0.25, -0.2) is 4.98 Å². The van der Waals surface area contributed by atoms with Crippen molar-refractivity contribution in [1.29, 1.82) is 0 Å². The summed E-state index contributed by atoms with van der Waals surface area (Å²) in [5.41, 5.74) is 2.89. The number of rotatable bonds is 3. The van der Waals surface area contributed by atoms with Crippen molar-refractivity contribution in [2.45, 2.75) is 64.0 Å². The van der Waals surface area contributed by atoms with Crippen LogP contribution < -0.4 is 5.32 Å². The Morgan fingerprint density at radius 1 is 1.24 bits per heavy atom. The third-order valence-corrected chi connectivity index (χ3v) is 4.24. The second kappa shape index (κ2) is 5.21. The molecule has 0 spiro atoms. The average Bonchev–Trinajstić information content (AvgIpc) is 2.81. The molecule has 1 fully saturated rings. The monoisotopic (exact) mass is 233 g/mol. The van der Waals surface area contributed by atoms with Gasteiger partial charge >= 0.3 is 0 Å². The molecule has 1 aromatic heterocycles. The molecule has 0 amide bonds. The molecule has 3 rings (SSSR count). The van der Waals surface area contributed by atoms with Crippen LogP contribution in [0.5, 0.6) is 0 Å². The molecule has 2 heterocycles. The average molecular weight is 233 g/mol. The van der Waals surface area contributed by atoms with E-state index in [0.717, 1.165) is 12.6 Å². The molecular formula is C14H23N3. The molecule has 0 aromatic carbocycles. The molecular weight excluding hydrogens is 210 g/mol. The number of aryl methyl sites for hydroxylation is 2. The van der Waals surface area contributed by atoms with E-state index in [4.69, 9.17) is 0 Å². The van der Waals surface area contributed by atoms with Crippen molar-refractivity contribution in [2.75, 3.05) is 6.54 Å². The molecule has 1 saturated heterocycles. The van der Waals surface area contributed by atoms with E-state index in [2.05, 4.69) is 21.2 Å². The maximum atomic E-state index is 4.56. The summed E-state index contributed by atoms with van der Waals surface area (Å²) in [5, 5.41) is 3.63. The maximum Gasteiger partial charge on any atom is 0.0951 e. The molecule has 0 radical (unpaired) electrons. The highest BCUT2D eigenvalue weighted by Crippen LogP contribution is 2.20. The summed E-state index contributed by atoms with van der Waals surface area (Å²) < 4.78 is 2.41. The molecule has 3 heteroatoms. The Balaban J connectivity index is 1.59. The van der Waals surface area contributed by atoms with Crippen LogP contribution in [0.4, 0.5) is 0 Å². The molecule has 94 valence electrons. The summed E-state index contributed by atoms with van der Waals surface area (Å²) in [4.78, 5) is 4.56. The van der Waals surface area contributed by atoms with Gasteiger partial charge in [0.05, 0.1) is 12.0 Å². The summed E-state index contributed by atoms with van der Waals surface area (Å²) in [5.74, 6) is 0. The minimum absolute atomic E-state index is 0.741. The Kier molecular flexibility index (Phi) is 3.46. The van der Waals surface area contributed by atoms with E-state index in [-0.39, 0.29) is 0 Å². The first-order valence-corrected chi connectivity index (χ1v) is 7.20. The zero-order chi connectivity index (χ0) is 11.5. The first-order valence-electron chi connectivity index (χ1n) is 7.20. The minimum Gasteiger partial charge on any atom is -0.334 e. The Hall–Kier alpha value is -0.830. The predicted molar refractivity (Wildman–Crippen MR) is 69.1 cm³/mol. The van der Waals surface area contributed by atoms with Crippen LogP contribution in [-0.2, 0) is 19.4 Å². The third-order valence-electron chi connectivity index (χ3n) is 4.24. The summed E-state index contributed by atoms with van der Waals surface area (Å²) in [6, 6.07) is 0.741. The first kappa shape index (κ1) is 11.3. The number of hydrogen-bond donors (Lipinski definition) is 1. The normalized spacial score (nSPS) is 24.6. The van der Waals surface area contributed by atoms with Gasteiger partial charge < -0.3 is 9.88 Å². The summed E-state index contributed by atoms with van der Waals surface area (Å²) in [6.07, 6.45) is 12.6. The number of imidazole rings is 1. The number of nitrogens with one attached hydrogen (secondary N) is 1. The molecule has 1 aliphatic carbocycles. The van der Waals surface area contributed by atoms with Crippen molar-refractivity contribution < 1.29 is 0 Å². The summed E-state index contributed by atoms with van der Waals surface area (Å²) in [6.45, 7) is 2.37. The molecule has 1 N–H and O–H groups in total. The van der Waals surface area contributed by atoms with Crippen molar-refractivity contribution in [3.8, 4) is 0 Å². The van der Waals surface area contributed by atoms with Gasteiger partial charge in [-0.05, 0) is 51.5 Å². The lowest BCUT2D eigenvalue weighted by Gasteiger charge is -2.24. The van der Waals surface area contributed by atoms with Crippen molar-refractivity contribution in [3.63, 3.8) is 0 Å². The molecule has 2 aliphatic rings. The molecule has 0 saturated carbocycles. The molecule has 1 unspecified atom stereocenters. The number of nitrogens with zero attached hydrogens (tertiary/aromatic N) is 2. The van der Waals surface area contributed by atoms with Gasteiger partial charge in [-0.3, -0.25) is 0 Å². The predicted octanol–water partition coefficient (Wildman–Crippen LogP) is 2.29. The van der Waals surface area contributed by atoms with E-state index in [9.17, 15) is 0 Å². The smallest absolute Gasteiger partial charge is 0.0951 e. The van der Waals surface area contributed by atoms with E-state index in [1.54, 1.807) is 0 Å². The quantitative estimate of drug-likeness (QED) is 0.868. The minimum atomic E-state index is 0.741. The SMILES string of the molecule is c1nc2c(n1CCC1CCCCN1)CCCC2. The highest BCUT2D eigenvalue weighted by atomic mass is 15.1. The van der Waals surface area contributed by atoms with E-state index in [1.807, 2.05) is 0 Å². The summed E-state index contributed by atoms with van der Waals surface area (Å²) >= 11 is 0. The Bertz CT molecular complexity index is 364. The summed E-state index contributed by atoms with van der Waals surface area (Å²) in [7, 11) is 0. The van der Waals surface area contributed by atoms with Crippen LogP contribution in [-0.4, -0.2) is 22.1 Å². The van der Waals surface area contributed by atoms with Crippen LogP contribution in [0, 0.1) is 0 Å². The maximum absolute atomic E-state index is 4.56. The van der Waals surface area contributed by atoms with E-state index in [1.165, 1.54) is 69.3 Å². The van der Waals surface area contributed by atoms with Gasteiger partial charge in [0.1, 0.15) is 0 Å². The van der Waals surface area contributed by atoms with Gasteiger partial charge in [-0.2, -0.15) is 0 Å². The highest BCUT2D eigenvalue weighted by molar-refractivity contribution is 5.16. The topological polar surface area (TPSA) is 29.9 Å². The molecule has 17 heavy (non-hydrogen) atoms. The molecule has 1 aromatic rings. The second-order valence-electron chi connectivity index (χ2n) is 5.47. The molecule has 0 bridgehead atoms. The number of piperidine rings is 1. The lowest BCUT2D eigenvalue weighted by atomic mass is 10.00. The fraction of sp³-hybridized carbons (Fsp3) is 0.786. The zero-order valence-electron chi connectivity index (χ0n) is 10.6. The highest BCUT2D eigenvalue weighted by Gasteiger charge is 2.17. The van der Waals surface area contributed by atoms with Gasteiger partial charge in [0, 0.05) is 18.3 Å². The van der Waals surface area contributed by atoms with Gasteiger partial charge in [-0.1, -0.05) is 6.42 Å². The van der Waals surface area contributed by atoms with Crippen LogP contribution in [0.2, 0.25) is 0 Å². The molecule has 1 aliphatic heterocycles. The number of aromatic nitrogens is 2. The molecule has 1 atom stereocenters. The molecule has 3 nitrogen and oxygen atoms in total. The fourth-order valence-electron chi connectivity index (χ4n) is 3.19. The standard InChI is InChI=1S/C14H23N3/c1-2-7-14-13(6-1)16-11-17(14)10-8-12-5-3-4-9-15-12/h11-12,15H,1-10H2. The van der Waals surface area contributed by atoms with Crippen LogP contribution in [0.15, 0.2) is 6.33 Å². The Morgan fingerprint density at radius 2 is 2.18 bits per heavy atom. The zero-order valence-corrected chi connectivity index (χ0v) is 10.6. The van der Waals surface area contributed by atoms with Crippen molar-refractivity contribution in [1.82, 2.24) is 14.9 Å².